The molecule has 173 valence electrons. The molecule has 0 atom stereocenters. The Bertz CT molecular complexity index is 387. The molecule has 0 aliphatic carbocycles. The van der Waals surface area contributed by atoms with Crippen molar-refractivity contribution in [3.63, 3.8) is 0 Å². The van der Waals surface area contributed by atoms with Gasteiger partial charge in [-0.2, -0.15) is 0 Å². The van der Waals surface area contributed by atoms with Gasteiger partial charge in [-0.3, -0.25) is 4.79 Å². The standard InChI is InChI=1S/C23H48NO4Si/c1-7-11-12-13-14-15-16-17-18-22(25)24-21-23(5,6)19-20-29(26-8-2,27-9-3)28-10-4/h14H,7-13,15-21H2,1-6H3,(H,24,25). The third-order valence-electron chi connectivity index (χ3n) is 5.04. The second-order valence-electron chi connectivity index (χ2n) is 8.45. The van der Waals surface area contributed by atoms with E-state index in [1.165, 1.54) is 25.7 Å². The van der Waals surface area contributed by atoms with Crippen LogP contribution in [0.5, 0.6) is 0 Å². The van der Waals surface area contributed by atoms with Gasteiger partial charge in [0.1, 0.15) is 0 Å². The van der Waals surface area contributed by atoms with Gasteiger partial charge < -0.3 is 18.6 Å². The second-order valence-corrected chi connectivity index (χ2v) is 11.2. The third kappa shape index (κ3) is 15.1. The van der Waals surface area contributed by atoms with E-state index in [2.05, 4.69) is 32.5 Å². The van der Waals surface area contributed by atoms with Crippen LogP contribution in [0.2, 0.25) is 6.04 Å². The van der Waals surface area contributed by atoms with Crippen LogP contribution in [0, 0.1) is 11.8 Å². The molecule has 29 heavy (non-hydrogen) atoms. The quantitative estimate of drug-likeness (QED) is 0.193. The summed E-state index contributed by atoms with van der Waals surface area (Å²) in [6.45, 7) is 15.0. The van der Waals surface area contributed by atoms with E-state index in [0.29, 0.717) is 32.8 Å². The van der Waals surface area contributed by atoms with E-state index < -0.39 is 8.80 Å². The van der Waals surface area contributed by atoms with Crippen molar-refractivity contribution in [1.29, 1.82) is 0 Å². The Labute approximate surface area is 182 Å². The first-order chi connectivity index (χ1) is 13.8. The number of rotatable bonds is 20. The number of amides is 1. The number of carbonyl (C=O) groups is 1. The lowest BCUT2D eigenvalue weighted by Gasteiger charge is -2.32. The molecule has 0 bridgehead atoms. The highest BCUT2D eigenvalue weighted by Gasteiger charge is 2.41. The van der Waals surface area contributed by atoms with Crippen LogP contribution < -0.4 is 5.32 Å². The summed E-state index contributed by atoms with van der Waals surface area (Å²) >= 11 is 0. The molecule has 0 heterocycles. The normalized spacial score (nSPS) is 12.3. The van der Waals surface area contributed by atoms with Crippen molar-refractivity contribution in [2.75, 3.05) is 26.4 Å². The summed E-state index contributed by atoms with van der Waals surface area (Å²) in [5, 5.41) is 3.12. The van der Waals surface area contributed by atoms with Crippen molar-refractivity contribution in [3.8, 4) is 0 Å². The third-order valence-corrected chi connectivity index (χ3v) is 8.09. The zero-order valence-electron chi connectivity index (χ0n) is 20.1. The molecule has 0 saturated heterocycles. The van der Waals surface area contributed by atoms with Gasteiger partial charge in [-0.15, -0.1) is 0 Å². The van der Waals surface area contributed by atoms with Crippen LogP contribution in [-0.2, 0) is 18.1 Å². The van der Waals surface area contributed by atoms with E-state index in [1.807, 2.05) is 20.8 Å². The first-order valence-electron chi connectivity index (χ1n) is 11.8. The van der Waals surface area contributed by atoms with E-state index in [-0.39, 0.29) is 11.3 Å². The molecule has 0 aromatic rings. The van der Waals surface area contributed by atoms with Crippen LogP contribution in [0.1, 0.15) is 99.3 Å². The molecule has 5 nitrogen and oxygen atoms in total. The molecule has 0 aliphatic heterocycles. The van der Waals surface area contributed by atoms with Crippen molar-refractivity contribution in [3.05, 3.63) is 6.42 Å². The number of nitrogens with one attached hydrogen (secondary N) is 1. The van der Waals surface area contributed by atoms with Crippen molar-refractivity contribution in [2.45, 2.75) is 105 Å². The zero-order valence-corrected chi connectivity index (χ0v) is 21.1. The van der Waals surface area contributed by atoms with Gasteiger partial charge in [0, 0.05) is 38.8 Å². The molecule has 6 heteroatoms. The summed E-state index contributed by atoms with van der Waals surface area (Å²) in [6, 6.07) is 0.777. The molecule has 0 spiro atoms. The maximum atomic E-state index is 12.2. The minimum Gasteiger partial charge on any atom is -0.374 e. The van der Waals surface area contributed by atoms with E-state index in [1.54, 1.807) is 0 Å². The van der Waals surface area contributed by atoms with Crippen molar-refractivity contribution in [1.82, 2.24) is 5.32 Å². The summed E-state index contributed by atoms with van der Waals surface area (Å²) in [5.41, 5.74) is -0.0216. The smallest absolute Gasteiger partial charge is 0.374 e. The number of carbonyl (C=O) groups excluding carboxylic acids is 1. The number of hydrogen-bond donors (Lipinski definition) is 1. The highest BCUT2D eigenvalue weighted by molar-refractivity contribution is 6.60. The molecule has 1 radical (unpaired) electrons. The zero-order chi connectivity index (χ0) is 22.0. The molecule has 0 saturated carbocycles. The van der Waals surface area contributed by atoms with Crippen molar-refractivity contribution >= 4 is 14.7 Å². The SMILES string of the molecule is CCCCC[CH]CCCCC(=O)NCC(C)(C)CC[Si](OCC)(OCC)OCC. The minimum absolute atomic E-state index is 0.0216. The Kier molecular flexibility index (Phi) is 17.0. The Morgan fingerprint density at radius 3 is 1.97 bits per heavy atom. The van der Waals surface area contributed by atoms with Crippen molar-refractivity contribution < 1.29 is 18.1 Å². The molecule has 0 unspecified atom stereocenters. The molecule has 0 aromatic heterocycles. The van der Waals surface area contributed by atoms with Crippen LogP contribution in [0.15, 0.2) is 0 Å². The summed E-state index contributed by atoms with van der Waals surface area (Å²) in [6.07, 6.45) is 12.2. The van der Waals surface area contributed by atoms with Gasteiger partial charge in [0.25, 0.3) is 0 Å². The summed E-state index contributed by atoms with van der Waals surface area (Å²) in [5.74, 6) is 0.159. The predicted octanol–water partition coefficient (Wildman–Crippen LogP) is 5.91. The molecule has 0 aromatic carbocycles. The summed E-state index contributed by atoms with van der Waals surface area (Å²) < 4.78 is 17.8. The topological polar surface area (TPSA) is 56.8 Å². The average Bonchev–Trinajstić information content (AvgIpc) is 2.68. The van der Waals surface area contributed by atoms with E-state index >= 15 is 0 Å². The first kappa shape index (κ1) is 28.6. The lowest BCUT2D eigenvalue weighted by molar-refractivity contribution is -0.121. The largest absolute Gasteiger partial charge is 0.500 e. The van der Waals surface area contributed by atoms with Gasteiger partial charge in [0.05, 0.1) is 0 Å². The molecular formula is C23H48NO4Si. The fourth-order valence-corrected chi connectivity index (χ4v) is 6.25. The van der Waals surface area contributed by atoms with Gasteiger partial charge in [-0.1, -0.05) is 59.3 Å². The molecule has 1 amide bonds. The highest BCUT2D eigenvalue weighted by Crippen LogP contribution is 2.28. The van der Waals surface area contributed by atoms with Gasteiger partial charge in [0.15, 0.2) is 0 Å². The molecule has 0 fully saturated rings. The van der Waals surface area contributed by atoms with E-state index in [0.717, 1.165) is 31.7 Å². The lowest BCUT2D eigenvalue weighted by atomic mass is 9.90. The first-order valence-corrected chi connectivity index (χ1v) is 13.8. The monoisotopic (exact) mass is 430 g/mol. The maximum absolute atomic E-state index is 12.2. The van der Waals surface area contributed by atoms with Crippen LogP contribution in [0.25, 0.3) is 0 Å². The van der Waals surface area contributed by atoms with Gasteiger partial charge in [-0.25, -0.2) is 0 Å². The molecule has 1 N–H and O–H groups in total. The fourth-order valence-electron chi connectivity index (χ4n) is 3.26. The Balaban J connectivity index is 4.14. The Hall–Kier alpha value is -0.433. The lowest BCUT2D eigenvalue weighted by Crippen LogP contribution is -2.47. The second kappa shape index (κ2) is 17.3. The Morgan fingerprint density at radius 1 is 0.897 bits per heavy atom. The summed E-state index contributed by atoms with van der Waals surface area (Å²) in [7, 11) is -2.62. The molecular weight excluding hydrogens is 382 g/mol. The predicted molar refractivity (Wildman–Crippen MR) is 124 cm³/mol. The van der Waals surface area contributed by atoms with E-state index in [9.17, 15) is 4.79 Å². The van der Waals surface area contributed by atoms with Gasteiger partial charge in [-0.05, 0) is 45.4 Å². The molecule has 0 aliphatic rings. The minimum atomic E-state index is -2.62. The highest BCUT2D eigenvalue weighted by atomic mass is 28.4. The van der Waals surface area contributed by atoms with Crippen LogP contribution in [0.3, 0.4) is 0 Å². The van der Waals surface area contributed by atoms with E-state index in [4.69, 9.17) is 13.3 Å². The Morgan fingerprint density at radius 2 is 1.45 bits per heavy atom. The maximum Gasteiger partial charge on any atom is 0.500 e. The van der Waals surface area contributed by atoms with Crippen LogP contribution in [0.4, 0.5) is 0 Å². The number of unbranched alkanes of at least 4 members (excludes halogenated alkanes) is 7. The van der Waals surface area contributed by atoms with Crippen LogP contribution in [-0.4, -0.2) is 41.1 Å². The average molecular weight is 431 g/mol. The van der Waals surface area contributed by atoms with Crippen LogP contribution >= 0.6 is 0 Å². The fraction of sp³-hybridized carbons (Fsp3) is 0.913. The van der Waals surface area contributed by atoms with Gasteiger partial charge in [0.2, 0.25) is 5.91 Å². The summed E-state index contributed by atoms with van der Waals surface area (Å²) in [4.78, 5) is 12.2. The van der Waals surface area contributed by atoms with Gasteiger partial charge >= 0.3 is 8.80 Å². The van der Waals surface area contributed by atoms with Crippen molar-refractivity contribution in [2.24, 2.45) is 5.41 Å². The number of hydrogen-bond acceptors (Lipinski definition) is 4. The molecule has 0 rings (SSSR count).